The maximum atomic E-state index is 13.6. The van der Waals surface area contributed by atoms with Gasteiger partial charge in [0.2, 0.25) is 0 Å². The van der Waals surface area contributed by atoms with Crippen LogP contribution in [-0.4, -0.2) is 35.0 Å². The molecule has 2 heterocycles. The van der Waals surface area contributed by atoms with Crippen LogP contribution in [-0.2, 0) is 16.0 Å². The molecule has 3 rings (SSSR count). The molecule has 0 saturated carbocycles. The normalized spacial score (nSPS) is 12.9. The lowest BCUT2D eigenvalue weighted by Gasteiger charge is -2.18. The van der Waals surface area contributed by atoms with Crippen LogP contribution in [0.2, 0.25) is 10.0 Å². The number of alkyl halides is 6. The summed E-state index contributed by atoms with van der Waals surface area (Å²) in [6.45, 7) is 0. The van der Waals surface area contributed by atoms with E-state index in [0.717, 1.165) is 0 Å². The van der Waals surface area contributed by atoms with Crippen LogP contribution in [0.3, 0.4) is 0 Å². The number of H-pyrrole nitrogens is 2. The van der Waals surface area contributed by atoms with Crippen molar-refractivity contribution in [1.29, 1.82) is 0 Å². The molecule has 0 bridgehead atoms. The SMILES string of the molecule is NC(=O)c1[nH]nc(-c2c(Cl)cc(C(F)(F)F)c(-c3ccc[nH]3)c2Cl)c1S(=O)(=O)C(F)(F)F. The summed E-state index contributed by atoms with van der Waals surface area (Å²) in [5.41, 5.74) is -6.44. The molecule has 3 aromatic rings. The van der Waals surface area contributed by atoms with Gasteiger partial charge in [0.1, 0.15) is 16.3 Å². The number of carbonyl (C=O) groups excluding carboxylic acids is 1. The average Bonchev–Trinajstić information content (AvgIpc) is 3.29. The monoisotopic (exact) mass is 520 g/mol. The number of carbonyl (C=O) groups is 1. The number of amides is 1. The minimum Gasteiger partial charge on any atom is -0.364 e. The molecule has 0 unspecified atom stereocenters. The second-order valence-corrected chi connectivity index (χ2v) is 8.80. The zero-order chi connectivity index (χ0) is 24.2. The van der Waals surface area contributed by atoms with E-state index in [1.54, 1.807) is 5.10 Å². The number of hydrogen-bond donors (Lipinski definition) is 3. The van der Waals surface area contributed by atoms with Crippen molar-refractivity contribution in [2.24, 2.45) is 5.73 Å². The van der Waals surface area contributed by atoms with E-state index in [0.29, 0.717) is 6.07 Å². The van der Waals surface area contributed by atoms with Crippen molar-refractivity contribution in [1.82, 2.24) is 15.2 Å². The number of benzene rings is 1. The quantitative estimate of drug-likeness (QED) is 0.428. The van der Waals surface area contributed by atoms with Crippen molar-refractivity contribution in [2.75, 3.05) is 0 Å². The maximum Gasteiger partial charge on any atom is 0.502 e. The van der Waals surface area contributed by atoms with Gasteiger partial charge in [-0.25, -0.2) is 8.42 Å². The smallest absolute Gasteiger partial charge is 0.364 e. The van der Waals surface area contributed by atoms with Crippen molar-refractivity contribution in [3.05, 3.63) is 45.7 Å². The van der Waals surface area contributed by atoms with Gasteiger partial charge in [0.15, 0.2) is 0 Å². The van der Waals surface area contributed by atoms with Crippen LogP contribution in [0, 0.1) is 0 Å². The minimum absolute atomic E-state index is 0.203. The maximum absolute atomic E-state index is 13.6. The van der Waals surface area contributed by atoms with Gasteiger partial charge in [-0.1, -0.05) is 23.2 Å². The molecule has 0 saturated heterocycles. The van der Waals surface area contributed by atoms with Gasteiger partial charge in [0, 0.05) is 23.0 Å². The Hall–Kier alpha value is -2.71. The van der Waals surface area contributed by atoms with Gasteiger partial charge in [-0.3, -0.25) is 9.89 Å². The van der Waals surface area contributed by atoms with E-state index in [1.165, 1.54) is 18.3 Å². The van der Waals surface area contributed by atoms with Gasteiger partial charge in [-0.05, 0) is 18.2 Å². The molecule has 0 radical (unpaired) electrons. The number of rotatable bonds is 4. The zero-order valence-electron chi connectivity index (χ0n) is 15.0. The van der Waals surface area contributed by atoms with Gasteiger partial charge in [0.25, 0.3) is 15.7 Å². The average molecular weight is 521 g/mol. The Morgan fingerprint density at radius 3 is 2.19 bits per heavy atom. The fourth-order valence-electron chi connectivity index (χ4n) is 2.85. The molecule has 7 nitrogen and oxygen atoms in total. The number of aromatic amines is 2. The summed E-state index contributed by atoms with van der Waals surface area (Å²) in [5, 5.41) is 3.37. The molecule has 4 N–H and O–H groups in total. The Morgan fingerprint density at radius 2 is 1.72 bits per heavy atom. The summed E-state index contributed by atoms with van der Waals surface area (Å²) in [7, 11) is -6.27. The molecule has 172 valence electrons. The number of sulfone groups is 1. The third-order valence-corrected chi connectivity index (χ3v) is 6.39. The number of nitrogens with two attached hydrogens (primary N) is 1. The molecule has 0 aliphatic heterocycles. The highest BCUT2D eigenvalue weighted by atomic mass is 35.5. The zero-order valence-corrected chi connectivity index (χ0v) is 17.3. The first-order chi connectivity index (χ1) is 14.6. The van der Waals surface area contributed by atoms with Crippen LogP contribution < -0.4 is 5.73 Å². The summed E-state index contributed by atoms with van der Waals surface area (Å²) in [6.07, 6.45) is -3.75. The standard InChI is InChI=1S/C16H8Cl2F6N4O3S/c17-6-4-5(15(19,20)21)8(7-2-1-3-26-7)10(18)9(6)11-13(12(14(25)29)28-27-11)32(30,31)16(22,23)24/h1-4,26H,(H2,25,29)(H,27,28). The first-order valence-electron chi connectivity index (χ1n) is 8.01. The number of hydrogen-bond acceptors (Lipinski definition) is 4. The van der Waals surface area contributed by atoms with Crippen molar-refractivity contribution in [3.8, 4) is 22.5 Å². The largest absolute Gasteiger partial charge is 0.502 e. The molecular formula is C16H8Cl2F6N4O3S. The Bertz CT molecular complexity index is 1310. The third kappa shape index (κ3) is 3.82. The molecular weight excluding hydrogens is 513 g/mol. The molecule has 32 heavy (non-hydrogen) atoms. The van der Waals surface area contributed by atoms with Crippen LogP contribution in [0.1, 0.15) is 16.1 Å². The first kappa shape index (κ1) is 23.9. The van der Waals surface area contributed by atoms with Gasteiger partial charge in [-0.2, -0.15) is 31.4 Å². The predicted molar refractivity (Wildman–Crippen MR) is 101 cm³/mol. The van der Waals surface area contributed by atoms with E-state index in [9.17, 15) is 39.6 Å². The van der Waals surface area contributed by atoms with Crippen LogP contribution in [0.5, 0.6) is 0 Å². The summed E-state index contributed by atoms with van der Waals surface area (Å²) in [4.78, 5) is 12.3. The molecule has 0 aliphatic carbocycles. The summed E-state index contributed by atoms with van der Waals surface area (Å²) in [5.74, 6) is -1.63. The Kier molecular flexibility index (Phi) is 5.77. The van der Waals surface area contributed by atoms with Crippen molar-refractivity contribution in [3.63, 3.8) is 0 Å². The molecule has 0 aliphatic rings. The summed E-state index contributed by atoms with van der Waals surface area (Å²) in [6, 6.07) is 2.85. The number of nitrogens with one attached hydrogen (secondary N) is 2. The van der Waals surface area contributed by atoms with Gasteiger partial charge < -0.3 is 10.7 Å². The highest BCUT2D eigenvalue weighted by Crippen LogP contribution is 2.49. The van der Waals surface area contributed by atoms with E-state index in [1.807, 2.05) is 0 Å². The molecule has 2 aromatic heterocycles. The van der Waals surface area contributed by atoms with Crippen molar-refractivity contribution in [2.45, 2.75) is 16.6 Å². The summed E-state index contributed by atoms with van der Waals surface area (Å²) >= 11 is 12.0. The molecule has 0 atom stereocenters. The Morgan fingerprint density at radius 1 is 1.09 bits per heavy atom. The van der Waals surface area contributed by atoms with Crippen LogP contribution in [0.15, 0.2) is 29.3 Å². The minimum atomic E-state index is -6.27. The van der Waals surface area contributed by atoms with E-state index in [2.05, 4.69) is 10.1 Å². The van der Waals surface area contributed by atoms with Gasteiger partial charge in [-0.15, -0.1) is 0 Å². The van der Waals surface area contributed by atoms with Crippen LogP contribution >= 0.6 is 23.2 Å². The van der Waals surface area contributed by atoms with E-state index in [-0.39, 0.29) is 5.69 Å². The lowest BCUT2D eigenvalue weighted by Crippen LogP contribution is -2.26. The second-order valence-electron chi connectivity index (χ2n) is 6.14. The van der Waals surface area contributed by atoms with E-state index >= 15 is 0 Å². The van der Waals surface area contributed by atoms with Crippen molar-refractivity contribution >= 4 is 38.9 Å². The van der Waals surface area contributed by atoms with Gasteiger partial charge in [0.05, 0.1) is 15.6 Å². The summed E-state index contributed by atoms with van der Waals surface area (Å²) < 4.78 is 105. The molecule has 1 amide bonds. The van der Waals surface area contributed by atoms with Crippen LogP contribution in [0.25, 0.3) is 22.5 Å². The predicted octanol–water partition coefficient (Wildman–Crippen LogP) is 4.79. The molecule has 1 aromatic carbocycles. The lowest BCUT2D eigenvalue weighted by molar-refractivity contribution is -0.137. The van der Waals surface area contributed by atoms with E-state index < -0.39 is 70.4 Å². The Balaban J connectivity index is 2.48. The Labute approximate surface area is 184 Å². The number of aromatic nitrogens is 3. The molecule has 0 spiro atoms. The fourth-order valence-corrected chi connectivity index (χ4v) is 4.64. The topological polar surface area (TPSA) is 122 Å². The third-order valence-electron chi connectivity index (χ3n) is 4.17. The fraction of sp³-hybridized carbons (Fsp3) is 0.125. The highest BCUT2D eigenvalue weighted by molar-refractivity contribution is 7.92. The number of primary amides is 1. The molecule has 0 fully saturated rings. The number of halogens is 8. The first-order valence-corrected chi connectivity index (χ1v) is 10.3. The molecule has 16 heteroatoms. The van der Waals surface area contributed by atoms with Crippen LogP contribution in [0.4, 0.5) is 26.3 Å². The lowest BCUT2D eigenvalue weighted by atomic mass is 9.98. The van der Waals surface area contributed by atoms with Gasteiger partial charge >= 0.3 is 11.7 Å². The number of nitrogens with zero attached hydrogens (tertiary/aromatic N) is 1. The highest BCUT2D eigenvalue weighted by Gasteiger charge is 2.51. The van der Waals surface area contributed by atoms with Crippen molar-refractivity contribution < 1.29 is 39.6 Å². The van der Waals surface area contributed by atoms with E-state index in [4.69, 9.17) is 28.9 Å². The second kappa shape index (κ2) is 7.71.